The molecule has 7 nitrogen and oxygen atoms in total. The van der Waals surface area contributed by atoms with Crippen LogP contribution in [0.3, 0.4) is 0 Å². The molecule has 0 saturated carbocycles. The Morgan fingerprint density at radius 2 is 2.07 bits per heavy atom. The third-order valence-corrected chi connectivity index (χ3v) is 6.90. The number of benzene rings is 1. The van der Waals surface area contributed by atoms with E-state index in [9.17, 15) is 18.8 Å². The zero-order chi connectivity index (χ0) is 21.2. The van der Waals surface area contributed by atoms with Crippen molar-refractivity contribution in [1.29, 1.82) is 0 Å². The van der Waals surface area contributed by atoms with Crippen molar-refractivity contribution in [2.24, 2.45) is 17.8 Å². The summed E-state index contributed by atoms with van der Waals surface area (Å²) in [5, 5.41) is 6.12. The second-order valence-corrected chi connectivity index (χ2v) is 9.26. The normalized spacial score (nSPS) is 34.9. The maximum atomic E-state index is 14.2. The number of hydrogen-bond donors (Lipinski definition) is 2. The van der Waals surface area contributed by atoms with Gasteiger partial charge >= 0.3 is 0 Å². The number of rotatable bonds is 4. The minimum absolute atomic E-state index is 0.161. The number of ether oxygens (including phenoxy) is 1. The van der Waals surface area contributed by atoms with Crippen molar-refractivity contribution in [2.45, 2.75) is 50.8 Å². The fourth-order valence-corrected chi connectivity index (χ4v) is 5.72. The third kappa shape index (κ3) is 2.66. The van der Waals surface area contributed by atoms with Gasteiger partial charge < -0.3 is 10.1 Å². The number of carbonyl (C=O) groups excluding carboxylic acids is 3. The molecule has 4 aliphatic rings. The van der Waals surface area contributed by atoms with Crippen LogP contribution in [-0.4, -0.2) is 47.9 Å². The van der Waals surface area contributed by atoms with E-state index in [0.717, 1.165) is 12.8 Å². The lowest BCUT2D eigenvalue weighted by atomic mass is 9.76. The predicted molar refractivity (Wildman–Crippen MR) is 106 cm³/mol. The minimum atomic E-state index is -1.43. The van der Waals surface area contributed by atoms with Crippen molar-refractivity contribution in [3.8, 4) is 0 Å². The van der Waals surface area contributed by atoms with Crippen molar-refractivity contribution in [2.75, 3.05) is 18.5 Å². The average Bonchev–Trinajstić information content (AvgIpc) is 3.42. The molecule has 1 aromatic rings. The van der Waals surface area contributed by atoms with E-state index in [1.807, 2.05) is 13.8 Å². The number of nitrogens with zero attached hydrogens (tertiary/aromatic N) is 1. The van der Waals surface area contributed by atoms with Crippen LogP contribution in [0.4, 0.5) is 10.1 Å². The second kappa shape index (κ2) is 6.85. The number of carbonyl (C=O) groups is 3. The van der Waals surface area contributed by atoms with Crippen LogP contribution in [-0.2, 0) is 24.7 Å². The molecule has 8 heteroatoms. The van der Waals surface area contributed by atoms with E-state index < -0.39 is 29.1 Å². The standard InChI is InChI=1S/C22H26FN3O4/c1-11(2)8-16-17-18(20(28)26(19(17)27)10-13-4-3-7-30-13)22(25-16)14-9-12(23)5-6-15(14)24-21(22)29/h5-6,9,11,13,16-18,25H,3-4,7-8,10H2,1-2H3,(H,24,29). The van der Waals surface area contributed by atoms with Crippen molar-refractivity contribution in [3.05, 3.63) is 29.6 Å². The summed E-state index contributed by atoms with van der Waals surface area (Å²) in [4.78, 5) is 41.5. The zero-order valence-corrected chi connectivity index (χ0v) is 17.1. The van der Waals surface area contributed by atoms with Crippen LogP contribution in [0.5, 0.6) is 0 Å². The molecular formula is C22H26FN3O4. The lowest BCUT2D eigenvalue weighted by molar-refractivity contribution is -0.144. The van der Waals surface area contributed by atoms with E-state index in [1.165, 1.54) is 23.1 Å². The Balaban J connectivity index is 1.59. The number of imide groups is 1. The second-order valence-electron chi connectivity index (χ2n) is 9.26. The number of fused-ring (bicyclic) bond motifs is 4. The molecule has 160 valence electrons. The number of amides is 3. The van der Waals surface area contributed by atoms with Gasteiger partial charge in [-0.05, 0) is 43.4 Å². The summed E-state index contributed by atoms with van der Waals surface area (Å²) >= 11 is 0. The number of hydrogen-bond acceptors (Lipinski definition) is 5. The third-order valence-electron chi connectivity index (χ3n) is 6.90. The van der Waals surface area contributed by atoms with Crippen LogP contribution in [0.15, 0.2) is 18.2 Å². The summed E-state index contributed by atoms with van der Waals surface area (Å²) < 4.78 is 19.8. The molecular weight excluding hydrogens is 389 g/mol. The maximum Gasteiger partial charge on any atom is 0.250 e. The highest BCUT2D eigenvalue weighted by molar-refractivity contribution is 6.15. The van der Waals surface area contributed by atoms with Crippen LogP contribution in [0.25, 0.3) is 0 Å². The van der Waals surface area contributed by atoms with Gasteiger partial charge in [0.05, 0.1) is 24.5 Å². The Morgan fingerprint density at radius 3 is 2.77 bits per heavy atom. The molecule has 3 fully saturated rings. The van der Waals surface area contributed by atoms with Gasteiger partial charge in [-0.25, -0.2) is 4.39 Å². The molecule has 2 N–H and O–H groups in total. The van der Waals surface area contributed by atoms with Crippen LogP contribution < -0.4 is 10.6 Å². The molecule has 5 rings (SSSR count). The smallest absolute Gasteiger partial charge is 0.250 e. The van der Waals surface area contributed by atoms with Crippen LogP contribution in [0.1, 0.15) is 38.7 Å². The maximum absolute atomic E-state index is 14.2. The highest BCUT2D eigenvalue weighted by Gasteiger charge is 2.70. The zero-order valence-electron chi connectivity index (χ0n) is 17.1. The van der Waals surface area contributed by atoms with Crippen LogP contribution in [0, 0.1) is 23.6 Å². The minimum Gasteiger partial charge on any atom is -0.376 e. The van der Waals surface area contributed by atoms with Crippen LogP contribution >= 0.6 is 0 Å². The lowest BCUT2D eigenvalue weighted by Crippen LogP contribution is -2.54. The largest absolute Gasteiger partial charge is 0.376 e. The molecule has 3 saturated heterocycles. The molecule has 0 bridgehead atoms. The Kier molecular flexibility index (Phi) is 4.48. The lowest BCUT2D eigenvalue weighted by Gasteiger charge is -2.30. The summed E-state index contributed by atoms with van der Waals surface area (Å²) in [5.74, 6) is -2.79. The first-order valence-corrected chi connectivity index (χ1v) is 10.7. The Bertz CT molecular complexity index is 929. The van der Waals surface area contributed by atoms with Crippen molar-refractivity contribution in [1.82, 2.24) is 10.2 Å². The molecule has 4 heterocycles. The first kappa shape index (κ1) is 19.6. The van der Waals surface area contributed by atoms with Crippen LogP contribution in [0.2, 0.25) is 0 Å². The van der Waals surface area contributed by atoms with Crippen molar-refractivity contribution >= 4 is 23.4 Å². The number of anilines is 1. The molecule has 3 amide bonds. The SMILES string of the molecule is CC(C)CC1NC2(C(=O)Nc3ccc(F)cc32)C2C(=O)N(CC3CCCO3)C(=O)C12. The molecule has 5 atom stereocenters. The Morgan fingerprint density at radius 1 is 1.27 bits per heavy atom. The van der Waals surface area contributed by atoms with Gasteiger partial charge in [0.25, 0.3) is 0 Å². The van der Waals surface area contributed by atoms with Crippen molar-refractivity contribution < 1.29 is 23.5 Å². The van der Waals surface area contributed by atoms with E-state index in [4.69, 9.17) is 4.74 Å². The Hall–Kier alpha value is -2.32. The van der Waals surface area contributed by atoms with E-state index in [-0.39, 0.29) is 36.4 Å². The monoisotopic (exact) mass is 415 g/mol. The molecule has 4 aliphatic heterocycles. The van der Waals surface area contributed by atoms with Gasteiger partial charge in [0, 0.05) is 23.9 Å². The van der Waals surface area contributed by atoms with Gasteiger partial charge in [0.15, 0.2) is 0 Å². The van der Waals surface area contributed by atoms with E-state index in [0.29, 0.717) is 24.3 Å². The van der Waals surface area contributed by atoms with Gasteiger partial charge in [-0.3, -0.25) is 24.6 Å². The van der Waals surface area contributed by atoms with E-state index >= 15 is 0 Å². The van der Waals surface area contributed by atoms with Gasteiger partial charge in [-0.15, -0.1) is 0 Å². The van der Waals surface area contributed by atoms with Crippen molar-refractivity contribution in [3.63, 3.8) is 0 Å². The van der Waals surface area contributed by atoms with Gasteiger partial charge in [0.1, 0.15) is 11.4 Å². The summed E-state index contributed by atoms with van der Waals surface area (Å²) in [6.45, 7) is 4.92. The van der Waals surface area contributed by atoms with E-state index in [2.05, 4.69) is 10.6 Å². The molecule has 0 radical (unpaired) electrons. The highest BCUT2D eigenvalue weighted by Crippen LogP contribution is 2.53. The molecule has 1 spiro atoms. The molecule has 0 aromatic heterocycles. The summed E-state index contributed by atoms with van der Waals surface area (Å²) in [6, 6.07) is 3.74. The quantitative estimate of drug-likeness (QED) is 0.732. The summed E-state index contributed by atoms with van der Waals surface area (Å²) in [6.07, 6.45) is 2.18. The van der Waals surface area contributed by atoms with E-state index in [1.54, 1.807) is 0 Å². The fourth-order valence-electron chi connectivity index (χ4n) is 5.72. The molecule has 5 unspecified atom stereocenters. The first-order chi connectivity index (χ1) is 14.3. The number of nitrogens with one attached hydrogen (secondary N) is 2. The number of halogens is 1. The van der Waals surface area contributed by atoms with Gasteiger partial charge in [-0.2, -0.15) is 0 Å². The molecule has 1 aromatic carbocycles. The topological polar surface area (TPSA) is 87.7 Å². The summed E-state index contributed by atoms with van der Waals surface area (Å²) in [5.41, 5.74) is -0.538. The highest BCUT2D eigenvalue weighted by atomic mass is 19.1. The van der Waals surface area contributed by atoms with Gasteiger partial charge in [-0.1, -0.05) is 13.8 Å². The molecule has 30 heavy (non-hydrogen) atoms. The molecule has 0 aliphatic carbocycles. The Labute approximate surface area is 174 Å². The van der Waals surface area contributed by atoms with Gasteiger partial charge in [0.2, 0.25) is 17.7 Å². The predicted octanol–water partition coefficient (Wildman–Crippen LogP) is 1.77. The average molecular weight is 415 g/mol. The summed E-state index contributed by atoms with van der Waals surface area (Å²) in [7, 11) is 0. The first-order valence-electron chi connectivity index (χ1n) is 10.7. The number of likely N-dealkylation sites (tertiary alicyclic amines) is 1. The fraction of sp³-hybridized carbons (Fsp3) is 0.591.